The lowest BCUT2D eigenvalue weighted by molar-refractivity contribution is -0.116. The summed E-state index contributed by atoms with van der Waals surface area (Å²) in [6, 6.07) is 7.75. The predicted molar refractivity (Wildman–Crippen MR) is 99.6 cm³/mol. The lowest BCUT2D eigenvalue weighted by atomic mass is 9.87. The fourth-order valence-corrected chi connectivity index (χ4v) is 3.29. The molecule has 1 amide bonds. The van der Waals surface area contributed by atoms with E-state index in [2.05, 4.69) is 26.1 Å². The molecule has 0 aliphatic carbocycles. The van der Waals surface area contributed by atoms with E-state index in [1.165, 1.54) is 16.1 Å². The van der Waals surface area contributed by atoms with E-state index < -0.39 is 10.0 Å². The molecule has 0 spiro atoms. The van der Waals surface area contributed by atoms with Crippen LogP contribution in [0.4, 0.5) is 5.69 Å². The molecule has 0 saturated carbocycles. The van der Waals surface area contributed by atoms with Gasteiger partial charge in [0.05, 0.1) is 6.26 Å². The van der Waals surface area contributed by atoms with Crippen LogP contribution in [0.3, 0.4) is 0 Å². The van der Waals surface area contributed by atoms with Crippen LogP contribution in [0, 0.1) is 5.92 Å². The number of hydrogen-bond acceptors (Lipinski definition) is 3. The smallest absolute Gasteiger partial charge is 0.225 e. The Bertz CT molecular complexity index is 644. The van der Waals surface area contributed by atoms with Crippen molar-refractivity contribution in [2.24, 2.45) is 5.92 Å². The quantitative estimate of drug-likeness (QED) is 0.817. The van der Waals surface area contributed by atoms with Gasteiger partial charge in [0.15, 0.2) is 0 Å². The molecule has 136 valence electrons. The molecule has 0 aliphatic heterocycles. The number of nitrogens with one attached hydrogen (secondary N) is 1. The average Bonchev–Trinajstić information content (AvgIpc) is 2.41. The summed E-state index contributed by atoms with van der Waals surface area (Å²) in [5.74, 6) is 0.0312. The number of anilines is 1. The van der Waals surface area contributed by atoms with Crippen molar-refractivity contribution in [3.63, 3.8) is 0 Å². The molecule has 0 aromatic heterocycles. The first-order valence-electron chi connectivity index (χ1n) is 8.25. The summed E-state index contributed by atoms with van der Waals surface area (Å²) in [5, 5.41) is 2.82. The fourth-order valence-electron chi connectivity index (χ4n) is 2.30. The average molecular weight is 355 g/mol. The summed E-state index contributed by atoms with van der Waals surface area (Å²) in [6.45, 7) is 10.9. The highest BCUT2D eigenvalue weighted by molar-refractivity contribution is 7.88. The normalized spacial score (nSPS) is 12.7. The fraction of sp³-hybridized carbons (Fsp3) is 0.611. The molecule has 1 rings (SSSR count). The molecule has 0 unspecified atom stereocenters. The molecule has 0 aliphatic rings. The minimum Gasteiger partial charge on any atom is -0.326 e. The summed E-state index contributed by atoms with van der Waals surface area (Å²) >= 11 is 0. The van der Waals surface area contributed by atoms with Crippen molar-refractivity contribution in [3.05, 3.63) is 29.8 Å². The second-order valence-corrected chi connectivity index (χ2v) is 9.62. The molecular formula is C18H30N2O3S. The van der Waals surface area contributed by atoms with Crippen LogP contribution in [-0.2, 0) is 20.2 Å². The van der Waals surface area contributed by atoms with Crippen LogP contribution < -0.4 is 5.32 Å². The first-order valence-corrected chi connectivity index (χ1v) is 10.1. The molecule has 0 saturated heterocycles. The molecule has 0 atom stereocenters. The van der Waals surface area contributed by atoms with E-state index in [0.717, 1.165) is 5.69 Å². The largest absolute Gasteiger partial charge is 0.326 e. The summed E-state index contributed by atoms with van der Waals surface area (Å²) in [5.41, 5.74) is 1.98. The van der Waals surface area contributed by atoms with Crippen LogP contribution >= 0.6 is 0 Å². The Balaban J connectivity index is 2.62. The number of carbonyl (C=O) groups is 1. The lowest BCUT2D eigenvalue weighted by Crippen LogP contribution is -2.35. The highest BCUT2D eigenvalue weighted by Crippen LogP contribution is 2.23. The zero-order chi connectivity index (χ0) is 18.5. The Hall–Kier alpha value is -1.40. The Morgan fingerprint density at radius 2 is 1.71 bits per heavy atom. The number of hydrogen-bond donors (Lipinski definition) is 1. The third kappa shape index (κ3) is 7.01. The van der Waals surface area contributed by atoms with Gasteiger partial charge in [-0.1, -0.05) is 46.8 Å². The molecular weight excluding hydrogens is 324 g/mol. The third-order valence-corrected chi connectivity index (χ3v) is 4.93. The number of carbonyl (C=O) groups excluding carboxylic acids is 1. The van der Waals surface area contributed by atoms with Gasteiger partial charge < -0.3 is 5.32 Å². The Morgan fingerprint density at radius 1 is 1.17 bits per heavy atom. The van der Waals surface area contributed by atoms with E-state index in [-0.39, 0.29) is 30.2 Å². The van der Waals surface area contributed by atoms with Crippen molar-refractivity contribution < 1.29 is 13.2 Å². The van der Waals surface area contributed by atoms with E-state index in [1.807, 2.05) is 38.1 Å². The van der Waals surface area contributed by atoms with Gasteiger partial charge in [-0.05, 0) is 29.0 Å². The van der Waals surface area contributed by atoms with Gasteiger partial charge in [0, 0.05) is 25.2 Å². The SMILES string of the molecule is CC(C)CN(CCC(=O)Nc1ccc(C(C)(C)C)cc1)S(C)(=O)=O. The second-order valence-electron chi connectivity index (χ2n) is 7.64. The molecule has 0 radical (unpaired) electrons. The Morgan fingerprint density at radius 3 is 2.12 bits per heavy atom. The topological polar surface area (TPSA) is 66.5 Å². The second kappa shape index (κ2) is 8.12. The summed E-state index contributed by atoms with van der Waals surface area (Å²) in [7, 11) is -3.30. The molecule has 1 N–H and O–H groups in total. The van der Waals surface area contributed by atoms with Crippen molar-refractivity contribution in [3.8, 4) is 0 Å². The van der Waals surface area contributed by atoms with Crippen molar-refractivity contribution in [2.75, 3.05) is 24.7 Å². The van der Waals surface area contributed by atoms with E-state index >= 15 is 0 Å². The van der Waals surface area contributed by atoms with Crippen LogP contribution in [0.25, 0.3) is 0 Å². The van der Waals surface area contributed by atoms with Gasteiger partial charge in [0.25, 0.3) is 0 Å². The number of rotatable bonds is 7. The van der Waals surface area contributed by atoms with Gasteiger partial charge >= 0.3 is 0 Å². The van der Waals surface area contributed by atoms with Crippen molar-refractivity contribution in [2.45, 2.75) is 46.5 Å². The minimum atomic E-state index is -3.30. The van der Waals surface area contributed by atoms with Gasteiger partial charge in [0.1, 0.15) is 0 Å². The molecule has 24 heavy (non-hydrogen) atoms. The van der Waals surface area contributed by atoms with Gasteiger partial charge in [-0.2, -0.15) is 0 Å². The molecule has 1 aromatic carbocycles. The third-order valence-electron chi connectivity index (χ3n) is 3.66. The molecule has 0 heterocycles. The highest BCUT2D eigenvalue weighted by atomic mass is 32.2. The maximum absolute atomic E-state index is 12.1. The van der Waals surface area contributed by atoms with Crippen molar-refractivity contribution >= 4 is 21.6 Å². The lowest BCUT2D eigenvalue weighted by Gasteiger charge is -2.21. The molecule has 6 heteroatoms. The van der Waals surface area contributed by atoms with Crippen molar-refractivity contribution in [1.29, 1.82) is 0 Å². The number of amides is 1. The molecule has 0 bridgehead atoms. The van der Waals surface area contributed by atoms with E-state index in [9.17, 15) is 13.2 Å². The molecule has 5 nitrogen and oxygen atoms in total. The van der Waals surface area contributed by atoms with Crippen LogP contribution in [-0.4, -0.2) is 38.0 Å². The Kier molecular flexibility index (Phi) is 6.98. The zero-order valence-corrected chi connectivity index (χ0v) is 16.4. The maximum Gasteiger partial charge on any atom is 0.225 e. The maximum atomic E-state index is 12.1. The number of nitrogens with zero attached hydrogens (tertiary/aromatic N) is 1. The monoisotopic (exact) mass is 354 g/mol. The van der Waals surface area contributed by atoms with Crippen LogP contribution in [0.5, 0.6) is 0 Å². The van der Waals surface area contributed by atoms with Crippen molar-refractivity contribution in [1.82, 2.24) is 4.31 Å². The van der Waals surface area contributed by atoms with Gasteiger partial charge in [-0.3, -0.25) is 4.79 Å². The van der Waals surface area contributed by atoms with Crippen LogP contribution in [0.15, 0.2) is 24.3 Å². The van der Waals surface area contributed by atoms with Gasteiger partial charge in [-0.25, -0.2) is 12.7 Å². The van der Waals surface area contributed by atoms with Crippen LogP contribution in [0.1, 0.15) is 46.6 Å². The van der Waals surface area contributed by atoms with Crippen LogP contribution in [0.2, 0.25) is 0 Å². The molecule has 1 aromatic rings. The predicted octanol–water partition coefficient (Wildman–Crippen LogP) is 3.23. The first kappa shape index (κ1) is 20.6. The highest BCUT2D eigenvalue weighted by Gasteiger charge is 2.19. The number of sulfonamides is 1. The zero-order valence-electron chi connectivity index (χ0n) is 15.6. The first-order chi connectivity index (χ1) is 10.9. The standard InChI is InChI=1S/C18H30N2O3S/c1-14(2)13-20(24(6,22)23)12-11-17(21)19-16-9-7-15(8-10-16)18(3,4)5/h7-10,14H,11-13H2,1-6H3,(H,19,21). The van der Waals surface area contributed by atoms with E-state index in [4.69, 9.17) is 0 Å². The van der Waals surface area contributed by atoms with Gasteiger partial charge in [0.2, 0.25) is 15.9 Å². The minimum absolute atomic E-state index is 0.0649. The summed E-state index contributed by atoms with van der Waals surface area (Å²) in [6.07, 6.45) is 1.32. The molecule has 0 fully saturated rings. The van der Waals surface area contributed by atoms with E-state index in [0.29, 0.717) is 6.54 Å². The number of benzene rings is 1. The Labute approximate surface area is 146 Å². The summed E-state index contributed by atoms with van der Waals surface area (Å²) in [4.78, 5) is 12.1. The summed E-state index contributed by atoms with van der Waals surface area (Å²) < 4.78 is 24.9. The van der Waals surface area contributed by atoms with Gasteiger partial charge in [-0.15, -0.1) is 0 Å². The van der Waals surface area contributed by atoms with E-state index in [1.54, 1.807) is 0 Å².